The minimum Gasteiger partial charge on any atom is -0.312 e. The molecular formula is C19H23N5OS. The van der Waals surface area contributed by atoms with Crippen LogP contribution in [0.2, 0.25) is 0 Å². The molecule has 0 bridgehead atoms. The fraction of sp³-hybridized carbons (Fsp3) is 0.368. The highest BCUT2D eigenvalue weighted by Gasteiger charge is 2.23. The molecule has 0 fully saturated rings. The van der Waals surface area contributed by atoms with Crippen molar-refractivity contribution in [2.45, 2.75) is 45.0 Å². The number of nitrogens with zero attached hydrogens (tertiary/aromatic N) is 5. The monoisotopic (exact) mass is 369 g/mol. The van der Waals surface area contributed by atoms with Crippen LogP contribution in [-0.2, 0) is 4.79 Å². The summed E-state index contributed by atoms with van der Waals surface area (Å²) in [5, 5.41) is 4.80. The van der Waals surface area contributed by atoms with Gasteiger partial charge in [0.15, 0.2) is 0 Å². The van der Waals surface area contributed by atoms with E-state index in [0.29, 0.717) is 17.5 Å². The summed E-state index contributed by atoms with van der Waals surface area (Å²) in [5.41, 5.74) is 3.97. The molecule has 1 aromatic carbocycles. The number of hydrogen-bond acceptors (Lipinski definition) is 5. The van der Waals surface area contributed by atoms with Gasteiger partial charge in [-0.05, 0) is 52.3 Å². The SMILES string of the molecule is CCN(C(=O)[C@H](C)Sc1nc2nc(C)c(C)c(C)n2n1)c1ccccc1. The Kier molecular flexibility index (Phi) is 5.27. The van der Waals surface area contributed by atoms with Crippen molar-refractivity contribution in [1.82, 2.24) is 19.6 Å². The zero-order valence-electron chi connectivity index (χ0n) is 15.7. The van der Waals surface area contributed by atoms with E-state index < -0.39 is 0 Å². The molecule has 0 spiro atoms. The summed E-state index contributed by atoms with van der Waals surface area (Å²) in [6.07, 6.45) is 0. The van der Waals surface area contributed by atoms with Crippen LogP contribution in [0.3, 0.4) is 0 Å². The lowest BCUT2D eigenvalue weighted by Crippen LogP contribution is -2.36. The first kappa shape index (κ1) is 18.4. The third-order valence-electron chi connectivity index (χ3n) is 4.52. The average Bonchev–Trinajstić information content (AvgIpc) is 3.03. The van der Waals surface area contributed by atoms with Gasteiger partial charge in [-0.2, -0.15) is 4.98 Å². The summed E-state index contributed by atoms with van der Waals surface area (Å²) in [4.78, 5) is 23.7. The maximum Gasteiger partial charge on any atom is 0.253 e. The highest BCUT2D eigenvalue weighted by Crippen LogP contribution is 2.25. The highest BCUT2D eigenvalue weighted by molar-refractivity contribution is 8.00. The molecular weight excluding hydrogens is 346 g/mol. The molecule has 7 heteroatoms. The zero-order chi connectivity index (χ0) is 18.8. The second kappa shape index (κ2) is 7.45. The first-order valence-electron chi connectivity index (χ1n) is 8.66. The first-order chi connectivity index (χ1) is 12.4. The van der Waals surface area contributed by atoms with E-state index in [2.05, 4.69) is 15.1 Å². The van der Waals surface area contributed by atoms with Gasteiger partial charge < -0.3 is 4.90 Å². The topological polar surface area (TPSA) is 63.4 Å². The van der Waals surface area contributed by atoms with Gasteiger partial charge in [-0.25, -0.2) is 9.50 Å². The van der Waals surface area contributed by atoms with Crippen molar-refractivity contribution in [2.24, 2.45) is 0 Å². The lowest BCUT2D eigenvalue weighted by molar-refractivity contribution is -0.117. The quantitative estimate of drug-likeness (QED) is 0.643. The number of aryl methyl sites for hydroxylation is 2. The Morgan fingerprint density at radius 3 is 2.54 bits per heavy atom. The fourth-order valence-electron chi connectivity index (χ4n) is 2.79. The maximum atomic E-state index is 12.9. The van der Waals surface area contributed by atoms with Crippen molar-refractivity contribution in [2.75, 3.05) is 11.4 Å². The van der Waals surface area contributed by atoms with Gasteiger partial charge in [0.1, 0.15) is 0 Å². The van der Waals surface area contributed by atoms with Crippen molar-refractivity contribution in [3.05, 3.63) is 47.3 Å². The van der Waals surface area contributed by atoms with Crippen LogP contribution in [0.4, 0.5) is 5.69 Å². The Hall–Kier alpha value is -2.41. The van der Waals surface area contributed by atoms with Crippen molar-refractivity contribution in [3.8, 4) is 0 Å². The zero-order valence-corrected chi connectivity index (χ0v) is 16.5. The van der Waals surface area contributed by atoms with Crippen LogP contribution in [-0.4, -0.2) is 37.3 Å². The maximum absolute atomic E-state index is 12.9. The van der Waals surface area contributed by atoms with E-state index in [1.54, 1.807) is 9.42 Å². The summed E-state index contributed by atoms with van der Waals surface area (Å²) >= 11 is 1.36. The van der Waals surface area contributed by atoms with Gasteiger partial charge >= 0.3 is 0 Å². The molecule has 0 aliphatic carbocycles. The summed E-state index contributed by atoms with van der Waals surface area (Å²) < 4.78 is 1.75. The number of aromatic nitrogens is 4. The van der Waals surface area contributed by atoms with Crippen LogP contribution in [0.1, 0.15) is 30.8 Å². The molecule has 0 unspecified atom stereocenters. The molecule has 0 aliphatic heterocycles. The molecule has 1 atom stereocenters. The Labute approximate surface area is 157 Å². The standard InChI is InChI=1S/C19H23N5OS/c1-6-23(16-10-8-7-9-11-16)17(25)15(5)26-19-21-18-20-13(3)12(2)14(4)24(18)22-19/h7-11,15H,6H2,1-5H3/t15-/m0/s1. The van der Waals surface area contributed by atoms with Crippen LogP contribution in [0, 0.1) is 20.8 Å². The van der Waals surface area contributed by atoms with Gasteiger partial charge in [-0.1, -0.05) is 30.0 Å². The van der Waals surface area contributed by atoms with Crippen LogP contribution < -0.4 is 4.90 Å². The van der Waals surface area contributed by atoms with Gasteiger partial charge in [0.2, 0.25) is 11.1 Å². The van der Waals surface area contributed by atoms with Gasteiger partial charge in [-0.15, -0.1) is 5.10 Å². The van der Waals surface area contributed by atoms with Crippen molar-refractivity contribution < 1.29 is 4.79 Å². The number of para-hydroxylation sites is 1. The lowest BCUT2D eigenvalue weighted by Gasteiger charge is -2.23. The third-order valence-corrected chi connectivity index (χ3v) is 5.46. The van der Waals surface area contributed by atoms with Crippen LogP contribution >= 0.6 is 11.8 Å². The smallest absolute Gasteiger partial charge is 0.253 e. The minimum absolute atomic E-state index is 0.0413. The molecule has 0 radical (unpaired) electrons. The molecule has 6 nitrogen and oxygen atoms in total. The molecule has 1 amide bonds. The predicted octanol–water partition coefficient (Wildman–Crippen LogP) is 3.58. The number of thioether (sulfide) groups is 1. The molecule has 0 N–H and O–H groups in total. The van der Waals surface area contributed by atoms with E-state index >= 15 is 0 Å². The van der Waals surface area contributed by atoms with Crippen molar-refractivity contribution in [3.63, 3.8) is 0 Å². The van der Waals surface area contributed by atoms with Gasteiger partial charge in [0, 0.05) is 23.6 Å². The molecule has 3 rings (SSSR count). The Balaban J connectivity index is 1.83. The van der Waals surface area contributed by atoms with E-state index in [9.17, 15) is 4.79 Å². The second-order valence-corrected chi connectivity index (χ2v) is 7.50. The van der Waals surface area contributed by atoms with Gasteiger partial charge in [0.25, 0.3) is 5.78 Å². The average molecular weight is 369 g/mol. The van der Waals surface area contributed by atoms with Crippen LogP contribution in [0.5, 0.6) is 0 Å². The number of carbonyl (C=O) groups is 1. The van der Waals surface area contributed by atoms with Crippen LogP contribution in [0.15, 0.2) is 35.5 Å². The summed E-state index contributed by atoms with van der Waals surface area (Å²) in [6, 6.07) is 9.71. The number of carbonyl (C=O) groups excluding carboxylic acids is 1. The number of anilines is 1. The molecule has 0 aliphatic rings. The number of hydrogen-bond donors (Lipinski definition) is 0. The highest BCUT2D eigenvalue weighted by atomic mass is 32.2. The molecule has 0 saturated carbocycles. The van der Waals surface area contributed by atoms with E-state index in [-0.39, 0.29) is 11.2 Å². The first-order valence-corrected chi connectivity index (χ1v) is 9.54. The normalized spacial score (nSPS) is 12.3. The van der Waals surface area contributed by atoms with E-state index in [0.717, 1.165) is 22.6 Å². The molecule has 3 aromatic rings. The molecule has 0 saturated heterocycles. The Bertz CT molecular complexity index is 938. The summed E-state index contributed by atoms with van der Waals surface area (Å²) in [6.45, 7) is 10.5. The van der Waals surface area contributed by atoms with E-state index in [4.69, 9.17) is 0 Å². The van der Waals surface area contributed by atoms with E-state index in [1.165, 1.54) is 11.8 Å². The van der Waals surface area contributed by atoms with E-state index in [1.807, 2.05) is 65.0 Å². The lowest BCUT2D eigenvalue weighted by atomic mass is 10.2. The second-order valence-electron chi connectivity index (χ2n) is 6.19. The van der Waals surface area contributed by atoms with Gasteiger partial charge in [-0.3, -0.25) is 4.79 Å². The minimum atomic E-state index is -0.296. The summed E-state index contributed by atoms with van der Waals surface area (Å²) in [5.74, 6) is 0.614. The molecule has 26 heavy (non-hydrogen) atoms. The Morgan fingerprint density at radius 1 is 1.19 bits per heavy atom. The molecule has 2 aromatic heterocycles. The number of amides is 1. The van der Waals surface area contributed by atoms with Crippen LogP contribution in [0.25, 0.3) is 5.78 Å². The third kappa shape index (κ3) is 3.44. The van der Waals surface area contributed by atoms with Crippen molar-refractivity contribution >= 4 is 29.1 Å². The number of rotatable bonds is 5. The predicted molar refractivity (Wildman–Crippen MR) is 105 cm³/mol. The molecule has 2 heterocycles. The Morgan fingerprint density at radius 2 is 1.88 bits per heavy atom. The van der Waals surface area contributed by atoms with Crippen molar-refractivity contribution in [1.29, 1.82) is 0 Å². The largest absolute Gasteiger partial charge is 0.312 e. The number of fused-ring (bicyclic) bond motifs is 1. The molecule has 136 valence electrons. The summed E-state index contributed by atoms with van der Waals surface area (Å²) in [7, 11) is 0. The van der Waals surface area contributed by atoms with Gasteiger partial charge in [0.05, 0.1) is 5.25 Å². The fourth-order valence-corrected chi connectivity index (χ4v) is 3.60. The number of benzene rings is 1.